The van der Waals surface area contributed by atoms with E-state index in [0.717, 1.165) is 6.26 Å². The molecule has 1 aliphatic carbocycles. The Labute approximate surface area is 160 Å². The van der Waals surface area contributed by atoms with E-state index in [2.05, 4.69) is 0 Å². The van der Waals surface area contributed by atoms with E-state index >= 15 is 0 Å². The number of hydrogen-bond acceptors (Lipinski definition) is 11. The highest BCUT2D eigenvalue weighted by Crippen LogP contribution is 2.47. The van der Waals surface area contributed by atoms with Crippen LogP contribution in [0.2, 0.25) is 0 Å². The van der Waals surface area contributed by atoms with Gasteiger partial charge in [0.15, 0.2) is 6.29 Å². The van der Waals surface area contributed by atoms with Gasteiger partial charge < -0.3 is 49.6 Å². The predicted octanol–water partition coefficient (Wildman–Crippen LogP) is -3.18. The summed E-state index contributed by atoms with van der Waals surface area (Å²) in [5.41, 5.74) is 0.101. The van der Waals surface area contributed by atoms with Crippen molar-refractivity contribution in [3.8, 4) is 0 Å². The molecule has 28 heavy (non-hydrogen) atoms. The molecule has 3 aliphatic rings. The Morgan fingerprint density at radius 2 is 1.82 bits per heavy atom. The Morgan fingerprint density at radius 3 is 2.43 bits per heavy atom. The molecule has 0 bridgehead atoms. The van der Waals surface area contributed by atoms with Crippen molar-refractivity contribution in [1.29, 1.82) is 0 Å². The molecule has 2 heterocycles. The first-order valence-corrected chi connectivity index (χ1v) is 9.02. The minimum Gasteiger partial charge on any atom is -0.472 e. The van der Waals surface area contributed by atoms with Crippen molar-refractivity contribution < 1.29 is 54.4 Å². The van der Waals surface area contributed by atoms with Gasteiger partial charge in [0.05, 0.1) is 31.7 Å². The summed E-state index contributed by atoms with van der Waals surface area (Å²) >= 11 is 0. The molecule has 0 radical (unpaired) electrons. The summed E-state index contributed by atoms with van der Waals surface area (Å²) in [4.78, 5) is 12.0. The van der Waals surface area contributed by atoms with Crippen LogP contribution in [0.25, 0.3) is 0 Å². The summed E-state index contributed by atoms with van der Waals surface area (Å²) in [5.74, 6) is -2.54. The molecule has 0 aromatic carbocycles. The van der Waals surface area contributed by atoms with Gasteiger partial charge in [-0.1, -0.05) is 0 Å². The first-order chi connectivity index (χ1) is 13.3. The van der Waals surface area contributed by atoms with Gasteiger partial charge in [0, 0.05) is 18.4 Å². The molecule has 160 valence electrons. The quantitative estimate of drug-likeness (QED) is 0.254. The van der Waals surface area contributed by atoms with Crippen LogP contribution in [0.5, 0.6) is 0 Å². The van der Waals surface area contributed by atoms with Gasteiger partial charge >= 0.3 is 5.97 Å². The lowest BCUT2D eigenvalue weighted by molar-refractivity contribution is -0.343. The summed E-state index contributed by atoms with van der Waals surface area (Å²) in [6.07, 6.45) is -8.19. The maximum Gasteiger partial charge on any atom is 0.337 e. The SMILES string of the molecule is COC(=O)C1=COC(O[C@@H]2O[C@H](CO)[C@@H](O)[C@H](O)[C@H]2O)C2C(CO)CC(O)C12. The van der Waals surface area contributed by atoms with E-state index in [4.69, 9.17) is 18.9 Å². The Kier molecular flexibility index (Phi) is 6.57. The van der Waals surface area contributed by atoms with Gasteiger partial charge in [0.25, 0.3) is 0 Å². The van der Waals surface area contributed by atoms with Crippen molar-refractivity contribution >= 4 is 5.97 Å². The van der Waals surface area contributed by atoms with E-state index in [1.54, 1.807) is 0 Å². The predicted molar refractivity (Wildman–Crippen MR) is 88.0 cm³/mol. The molecule has 1 saturated carbocycles. The Hall–Kier alpha value is -1.31. The number of hydrogen-bond donors (Lipinski definition) is 6. The van der Waals surface area contributed by atoms with Crippen molar-refractivity contribution in [2.45, 2.75) is 49.5 Å². The monoisotopic (exact) mass is 406 g/mol. The fourth-order valence-electron chi connectivity index (χ4n) is 4.21. The molecule has 2 aliphatic heterocycles. The van der Waals surface area contributed by atoms with Crippen LogP contribution in [-0.2, 0) is 23.7 Å². The lowest BCUT2D eigenvalue weighted by atomic mass is 9.82. The average molecular weight is 406 g/mol. The third-order valence-electron chi connectivity index (χ3n) is 5.69. The van der Waals surface area contributed by atoms with Crippen molar-refractivity contribution in [2.75, 3.05) is 20.3 Å². The van der Waals surface area contributed by atoms with Crippen LogP contribution < -0.4 is 0 Å². The smallest absolute Gasteiger partial charge is 0.337 e. The molecule has 1 saturated heterocycles. The Bertz CT molecular complexity index is 594. The van der Waals surface area contributed by atoms with Crippen LogP contribution >= 0.6 is 0 Å². The van der Waals surface area contributed by atoms with E-state index in [0.29, 0.717) is 0 Å². The van der Waals surface area contributed by atoms with E-state index in [1.165, 1.54) is 7.11 Å². The Balaban J connectivity index is 1.83. The van der Waals surface area contributed by atoms with Crippen LogP contribution in [0.15, 0.2) is 11.8 Å². The van der Waals surface area contributed by atoms with E-state index in [9.17, 15) is 35.4 Å². The highest BCUT2D eigenvalue weighted by atomic mass is 16.8. The van der Waals surface area contributed by atoms with Crippen LogP contribution in [-0.4, -0.2) is 100 Å². The minimum atomic E-state index is -1.63. The number of ether oxygens (including phenoxy) is 4. The Morgan fingerprint density at radius 1 is 1.11 bits per heavy atom. The van der Waals surface area contributed by atoms with Crippen LogP contribution in [0.3, 0.4) is 0 Å². The van der Waals surface area contributed by atoms with Crippen molar-refractivity contribution in [3.63, 3.8) is 0 Å². The van der Waals surface area contributed by atoms with Crippen molar-refractivity contribution in [2.24, 2.45) is 17.8 Å². The summed E-state index contributed by atoms with van der Waals surface area (Å²) in [6, 6.07) is 0. The lowest BCUT2D eigenvalue weighted by Crippen LogP contribution is -2.60. The lowest BCUT2D eigenvalue weighted by Gasteiger charge is -2.43. The summed E-state index contributed by atoms with van der Waals surface area (Å²) in [6.45, 7) is -0.919. The number of fused-ring (bicyclic) bond motifs is 1. The summed E-state index contributed by atoms with van der Waals surface area (Å²) in [5, 5.41) is 59.3. The highest BCUT2D eigenvalue weighted by Gasteiger charge is 2.54. The molecule has 0 aromatic rings. The summed E-state index contributed by atoms with van der Waals surface area (Å²) < 4.78 is 21.2. The molecular formula is C17H26O11. The molecule has 0 aromatic heterocycles. The van der Waals surface area contributed by atoms with Gasteiger partial charge in [0.2, 0.25) is 6.29 Å². The largest absolute Gasteiger partial charge is 0.472 e. The van der Waals surface area contributed by atoms with E-state index < -0.39 is 73.4 Å². The highest BCUT2D eigenvalue weighted by molar-refractivity contribution is 5.89. The van der Waals surface area contributed by atoms with Crippen molar-refractivity contribution in [3.05, 3.63) is 11.8 Å². The maximum atomic E-state index is 12.0. The minimum absolute atomic E-state index is 0.101. The topological polar surface area (TPSA) is 175 Å². The average Bonchev–Trinajstić information content (AvgIpc) is 3.05. The fourth-order valence-corrected chi connectivity index (χ4v) is 4.21. The second-order valence-corrected chi connectivity index (χ2v) is 7.25. The standard InChI is InChI=1S/C17H26O11/c1-25-15(24)7-5-26-16(10-6(3-18)2-8(20)11(7)10)28-17-14(23)13(22)12(21)9(4-19)27-17/h5-6,8-14,16-23H,2-4H2,1H3/t6?,8?,9-,10?,11?,12-,13+,14-,16?,17+/m1/s1. The zero-order valence-corrected chi connectivity index (χ0v) is 15.2. The number of methoxy groups -OCH3 is 1. The normalized spacial score (nSPS) is 45.8. The zero-order chi connectivity index (χ0) is 20.6. The summed E-state index contributed by atoms with van der Waals surface area (Å²) in [7, 11) is 1.19. The van der Waals surface area contributed by atoms with Gasteiger partial charge in [-0.15, -0.1) is 0 Å². The van der Waals surface area contributed by atoms with Crippen LogP contribution in [0.4, 0.5) is 0 Å². The molecule has 0 amide bonds. The number of rotatable bonds is 5. The van der Waals surface area contributed by atoms with Crippen LogP contribution in [0.1, 0.15) is 6.42 Å². The van der Waals surface area contributed by atoms with Crippen molar-refractivity contribution in [1.82, 2.24) is 0 Å². The zero-order valence-electron chi connectivity index (χ0n) is 15.2. The van der Waals surface area contributed by atoms with Crippen LogP contribution in [0, 0.1) is 17.8 Å². The maximum absolute atomic E-state index is 12.0. The van der Waals surface area contributed by atoms with E-state index in [1.807, 2.05) is 0 Å². The first-order valence-electron chi connectivity index (χ1n) is 9.02. The molecule has 10 atom stereocenters. The molecule has 11 nitrogen and oxygen atoms in total. The number of esters is 1. The molecule has 0 spiro atoms. The van der Waals surface area contributed by atoms with Gasteiger partial charge in [-0.3, -0.25) is 0 Å². The molecule has 5 unspecified atom stereocenters. The molecule has 2 fully saturated rings. The van der Waals surface area contributed by atoms with Gasteiger partial charge in [-0.2, -0.15) is 0 Å². The fraction of sp³-hybridized carbons (Fsp3) is 0.824. The second-order valence-electron chi connectivity index (χ2n) is 7.25. The number of aliphatic hydroxyl groups is 6. The number of aliphatic hydroxyl groups excluding tert-OH is 6. The molecule has 3 rings (SSSR count). The number of carbonyl (C=O) groups is 1. The molecular weight excluding hydrogens is 380 g/mol. The number of carbonyl (C=O) groups excluding carboxylic acids is 1. The third-order valence-corrected chi connectivity index (χ3v) is 5.69. The van der Waals surface area contributed by atoms with Gasteiger partial charge in [-0.25, -0.2) is 4.79 Å². The second kappa shape index (κ2) is 8.59. The molecule has 11 heteroatoms. The van der Waals surface area contributed by atoms with Gasteiger partial charge in [-0.05, 0) is 12.3 Å². The third kappa shape index (κ3) is 3.64. The van der Waals surface area contributed by atoms with Gasteiger partial charge in [0.1, 0.15) is 24.4 Å². The first kappa shape index (κ1) is 21.4. The van der Waals surface area contributed by atoms with E-state index in [-0.39, 0.29) is 18.6 Å². The molecule has 6 N–H and O–H groups in total.